The molecule has 0 unspecified atom stereocenters. The number of nitrogens with zero attached hydrogens (tertiary/aromatic N) is 1. The number of rotatable bonds is 8. The number of benzene rings is 2. The molecule has 0 radical (unpaired) electrons. The second-order valence-corrected chi connectivity index (χ2v) is 7.92. The summed E-state index contributed by atoms with van der Waals surface area (Å²) in [5.41, 5.74) is 2.12. The molecule has 1 heterocycles. The summed E-state index contributed by atoms with van der Waals surface area (Å²) >= 11 is 6.17. The molecule has 3 aromatic rings. The van der Waals surface area contributed by atoms with E-state index in [4.69, 9.17) is 21.4 Å². The van der Waals surface area contributed by atoms with Crippen LogP contribution in [-0.4, -0.2) is 28.6 Å². The van der Waals surface area contributed by atoms with Crippen molar-refractivity contribution in [3.8, 4) is 5.75 Å². The van der Waals surface area contributed by atoms with Crippen LogP contribution in [0, 0.1) is 5.92 Å². The van der Waals surface area contributed by atoms with Crippen LogP contribution in [0.3, 0.4) is 0 Å². The van der Waals surface area contributed by atoms with E-state index >= 15 is 0 Å². The average molecular weight is 439 g/mol. The van der Waals surface area contributed by atoms with Crippen LogP contribution in [0.4, 0.5) is 5.82 Å². The minimum atomic E-state index is -1.04. The van der Waals surface area contributed by atoms with Crippen molar-refractivity contribution in [2.75, 3.05) is 11.9 Å². The Morgan fingerprint density at radius 2 is 1.77 bits per heavy atom. The van der Waals surface area contributed by atoms with Crippen LogP contribution in [0.1, 0.15) is 45.8 Å². The molecule has 0 fully saturated rings. The molecule has 3 rings (SSSR count). The van der Waals surface area contributed by atoms with E-state index in [1.807, 2.05) is 24.3 Å². The summed E-state index contributed by atoms with van der Waals surface area (Å²) in [6, 6.07) is 16.6. The van der Waals surface area contributed by atoms with Gasteiger partial charge >= 0.3 is 5.97 Å². The molecule has 0 spiro atoms. The molecular weight excluding hydrogens is 416 g/mol. The van der Waals surface area contributed by atoms with Crippen LogP contribution >= 0.6 is 11.6 Å². The third kappa shape index (κ3) is 6.30. The SMILES string of the molecule is CC(C)COc1ccc(Cl)cc1Cc1cccc(NC(=O)c2ccc(C(=O)O)cc2)n1. The van der Waals surface area contributed by atoms with Crippen molar-refractivity contribution in [3.05, 3.63) is 88.1 Å². The topological polar surface area (TPSA) is 88.5 Å². The van der Waals surface area contributed by atoms with Gasteiger partial charge in [0.1, 0.15) is 11.6 Å². The highest BCUT2D eigenvalue weighted by molar-refractivity contribution is 6.30. The van der Waals surface area contributed by atoms with Crippen molar-refractivity contribution in [1.29, 1.82) is 0 Å². The van der Waals surface area contributed by atoms with Gasteiger partial charge in [-0.3, -0.25) is 4.79 Å². The number of nitrogens with one attached hydrogen (secondary N) is 1. The van der Waals surface area contributed by atoms with Gasteiger partial charge in [0, 0.05) is 28.3 Å². The Morgan fingerprint density at radius 1 is 1.06 bits per heavy atom. The molecule has 0 bridgehead atoms. The molecule has 1 aromatic heterocycles. The fraction of sp³-hybridized carbons (Fsp3) is 0.208. The zero-order valence-corrected chi connectivity index (χ0v) is 18.0. The van der Waals surface area contributed by atoms with Gasteiger partial charge in [-0.15, -0.1) is 0 Å². The molecular formula is C24H23ClN2O4. The first-order valence-corrected chi connectivity index (χ1v) is 10.2. The number of amides is 1. The van der Waals surface area contributed by atoms with Crippen molar-refractivity contribution in [3.63, 3.8) is 0 Å². The lowest BCUT2D eigenvalue weighted by Crippen LogP contribution is -2.13. The van der Waals surface area contributed by atoms with Crippen LogP contribution in [0.5, 0.6) is 5.75 Å². The third-order valence-corrected chi connectivity index (χ3v) is 4.64. The normalized spacial score (nSPS) is 10.7. The van der Waals surface area contributed by atoms with Gasteiger partial charge in [-0.05, 0) is 60.5 Å². The van der Waals surface area contributed by atoms with Gasteiger partial charge < -0.3 is 15.2 Å². The summed E-state index contributed by atoms with van der Waals surface area (Å²) in [7, 11) is 0. The lowest BCUT2D eigenvalue weighted by Gasteiger charge is -2.14. The summed E-state index contributed by atoms with van der Waals surface area (Å²) in [5.74, 6) is 0.137. The Balaban J connectivity index is 1.74. The molecule has 0 aliphatic heterocycles. The number of aromatic nitrogens is 1. The Labute approximate surface area is 185 Å². The quantitative estimate of drug-likeness (QED) is 0.497. The molecule has 0 atom stereocenters. The number of aromatic carboxylic acids is 1. The smallest absolute Gasteiger partial charge is 0.335 e. The first-order chi connectivity index (χ1) is 14.8. The second kappa shape index (κ2) is 10.1. The van der Waals surface area contributed by atoms with Crippen LogP contribution in [0.2, 0.25) is 5.02 Å². The minimum Gasteiger partial charge on any atom is -0.493 e. The highest BCUT2D eigenvalue weighted by Crippen LogP contribution is 2.26. The van der Waals surface area contributed by atoms with E-state index in [-0.39, 0.29) is 11.5 Å². The van der Waals surface area contributed by atoms with Gasteiger partial charge in [-0.2, -0.15) is 0 Å². The maximum absolute atomic E-state index is 12.5. The van der Waals surface area contributed by atoms with Crippen LogP contribution in [0.25, 0.3) is 0 Å². The summed E-state index contributed by atoms with van der Waals surface area (Å²) in [5, 5.41) is 12.3. The van der Waals surface area contributed by atoms with E-state index in [1.54, 1.807) is 12.1 Å². The second-order valence-electron chi connectivity index (χ2n) is 7.48. The van der Waals surface area contributed by atoms with Crippen LogP contribution in [0.15, 0.2) is 60.7 Å². The van der Waals surface area contributed by atoms with Gasteiger partial charge in [0.25, 0.3) is 5.91 Å². The summed E-state index contributed by atoms with van der Waals surface area (Å²) in [4.78, 5) is 27.9. The number of carboxylic acids is 1. The van der Waals surface area contributed by atoms with E-state index in [2.05, 4.69) is 24.1 Å². The molecule has 2 aromatic carbocycles. The average Bonchev–Trinajstić information content (AvgIpc) is 2.73. The monoisotopic (exact) mass is 438 g/mol. The molecule has 7 heteroatoms. The summed E-state index contributed by atoms with van der Waals surface area (Å²) in [6.45, 7) is 4.76. The van der Waals surface area contributed by atoms with Crippen molar-refractivity contribution in [2.45, 2.75) is 20.3 Å². The molecule has 0 aliphatic rings. The molecule has 6 nitrogen and oxygen atoms in total. The fourth-order valence-corrected chi connectivity index (χ4v) is 3.07. The number of pyridine rings is 1. The Kier molecular flexibility index (Phi) is 7.26. The molecule has 1 amide bonds. The zero-order chi connectivity index (χ0) is 22.4. The fourth-order valence-electron chi connectivity index (χ4n) is 2.88. The van der Waals surface area contributed by atoms with Gasteiger partial charge in [-0.25, -0.2) is 9.78 Å². The third-order valence-electron chi connectivity index (χ3n) is 4.41. The maximum atomic E-state index is 12.5. The lowest BCUT2D eigenvalue weighted by atomic mass is 10.1. The Bertz CT molecular complexity index is 1080. The minimum absolute atomic E-state index is 0.119. The van der Waals surface area contributed by atoms with Crippen molar-refractivity contribution in [2.24, 2.45) is 5.92 Å². The molecule has 0 saturated carbocycles. The number of anilines is 1. The van der Waals surface area contributed by atoms with Crippen LogP contribution < -0.4 is 10.1 Å². The van der Waals surface area contributed by atoms with Crippen molar-refractivity contribution >= 4 is 29.3 Å². The number of carboxylic acid groups (broad SMARTS) is 1. The molecule has 2 N–H and O–H groups in total. The van der Waals surface area contributed by atoms with Crippen molar-refractivity contribution < 1.29 is 19.4 Å². The van der Waals surface area contributed by atoms with E-state index in [1.165, 1.54) is 24.3 Å². The molecule has 160 valence electrons. The van der Waals surface area contributed by atoms with Gasteiger partial charge in [-0.1, -0.05) is 31.5 Å². The predicted molar refractivity (Wildman–Crippen MR) is 120 cm³/mol. The van der Waals surface area contributed by atoms with E-state index in [0.29, 0.717) is 35.3 Å². The van der Waals surface area contributed by atoms with Crippen molar-refractivity contribution in [1.82, 2.24) is 4.98 Å². The molecule has 0 saturated heterocycles. The number of ether oxygens (including phenoxy) is 1. The van der Waals surface area contributed by atoms with E-state index in [9.17, 15) is 9.59 Å². The van der Waals surface area contributed by atoms with Gasteiger partial charge in [0.15, 0.2) is 0 Å². The van der Waals surface area contributed by atoms with Crippen LogP contribution in [-0.2, 0) is 6.42 Å². The van der Waals surface area contributed by atoms with Gasteiger partial charge in [0.2, 0.25) is 0 Å². The first kappa shape index (κ1) is 22.3. The van der Waals surface area contributed by atoms with E-state index in [0.717, 1.165) is 17.0 Å². The largest absolute Gasteiger partial charge is 0.493 e. The lowest BCUT2D eigenvalue weighted by molar-refractivity contribution is 0.0696. The number of halogens is 1. The van der Waals surface area contributed by atoms with Gasteiger partial charge in [0.05, 0.1) is 12.2 Å². The molecule has 31 heavy (non-hydrogen) atoms. The molecule has 0 aliphatic carbocycles. The zero-order valence-electron chi connectivity index (χ0n) is 17.3. The Morgan fingerprint density at radius 3 is 2.45 bits per heavy atom. The Hall–Kier alpha value is -3.38. The maximum Gasteiger partial charge on any atom is 0.335 e. The summed E-state index contributed by atoms with van der Waals surface area (Å²) < 4.78 is 5.91. The number of hydrogen-bond donors (Lipinski definition) is 2. The summed E-state index contributed by atoms with van der Waals surface area (Å²) in [6.07, 6.45) is 0.491. The highest BCUT2D eigenvalue weighted by atomic mass is 35.5. The predicted octanol–water partition coefficient (Wildman–Crippen LogP) is 5.31. The standard InChI is InChI=1S/C24H23ClN2O4/c1-15(2)14-31-21-11-10-19(25)12-18(21)13-20-4-3-5-22(26-20)27-23(28)16-6-8-17(9-7-16)24(29)30/h3-12,15H,13-14H2,1-2H3,(H,29,30)(H,26,27,28). The first-order valence-electron chi connectivity index (χ1n) is 9.83. The number of carbonyl (C=O) groups excluding carboxylic acids is 1. The number of hydrogen-bond acceptors (Lipinski definition) is 4. The number of carbonyl (C=O) groups is 2. The highest BCUT2D eigenvalue weighted by Gasteiger charge is 2.11. The van der Waals surface area contributed by atoms with E-state index < -0.39 is 5.97 Å².